The second-order valence-corrected chi connectivity index (χ2v) is 5.78. The Bertz CT molecular complexity index is 543. The van der Waals surface area contributed by atoms with E-state index in [1.54, 1.807) is 24.6 Å². The lowest BCUT2D eigenvalue weighted by molar-refractivity contribution is 0.283. The first-order chi connectivity index (χ1) is 10.2. The van der Waals surface area contributed by atoms with Crippen LogP contribution >= 0.6 is 11.3 Å². The molecule has 5 heteroatoms. The zero-order valence-electron chi connectivity index (χ0n) is 12.8. The van der Waals surface area contributed by atoms with E-state index >= 15 is 0 Å². The fourth-order valence-electron chi connectivity index (χ4n) is 2.02. The quantitative estimate of drug-likeness (QED) is 0.806. The molecule has 0 fully saturated rings. The third-order valence-corrected chi connectivity index (χ3v) is 3.98. The topological polar surface area (TPSA) is 43.4 Å². The number of hydrogen-bond donors (Lipinski definition) is 1. The molecule has 21 heavy (non-hydrogen) atoms. The first kappa shape index (κ1) is 15.8. The van der Waals surface area contributed by atoms with Gasteiger partial charge in [0.2, 0.25) is 0 Å². The fraction of sp³-hybridized carbons (Fsp3) is 0.438. The molecule has 1 heterocycles. The molecule has 0 radical (unpaired) electrons. The number of rotatable bonds is 8. The molecule has 1 aromatic heterocycles. The first-order valence-corrected chi connectivity index (χ1v) is 8.05. The minimum atomic E-state index is 0.298. The summed E-state index contributed by atoms with van der Waals surface area (Å²) in [5.74, 6) is 1.51. The van der Waals surface area contributed by atoms with Crippen LogP contribution < -0.4 is 14.8 Å². The van der Waals surface area contributed by atoms with Gasteiger partial charge in [-0.3, -0.25) is 0 Å². The van der Waals surface area contributed by atoms with E-state index in [1.807, 2.05) is 17.5 Å². The zero-order chi connectivity index (χ0) is 15.1. The van der Waals surface area contributed by atoms with Gasteiger partial charge in [0, 0.05) is 17.6 Å². The summed E-state index contributed by atoms with van der Waals surface area (Å²) < 4.78 is 11.2. The Balaban J connectivity index is 2.05. The molecule has 0 spiro atoms. The van der Waals surface area contributed by atoms with Crippen LogP contribution in [-0.2, 0) is 6.61 Å². The highest BCUT2D eigenvalue weighted by Crippen LogP contribution is 2.31. The minimum Gasteiger partial charge on any atom is -0.493 e. The van der Waals surface area contributed by atoms with Gasteiger partial charge in [-0.2, -0.15) is 0 Å². The number of hydrogen-bond acceptors (Lipinski definition) is 5. The van der Waals surface area contributed by atoms with Crippen molar-refractivity contribution in [3.63, 3.8) is 0 Å². The molecule has 0 aliphatic rings. The number of nitrogens with zero attached hydrogens (tertiary/aromatic N) is 1. The molecule has 0 bridgehead atoms. The lowest BCUT2D eigenvalue weighted by atomic mass is 10.1. The Kier molecular flexibility index (Phi) is 6.02. The molecule has 1 aromatic carbocycles. The van der Waals surface area contributed by atoms with Crippen molar-refractivity contribution in [2.24, 2.45) is 0 Å². The van der Waals surface area contributed by atoms with E-state index in [2.05, 4.69) is 30.2 Å². The van der Waals surface area contributed by atoms with Crippen molar-refractivity contribution in [2.75, 3.05) is 13.7 Å². The number of thiazole rings is 1. The Morgan fingerprint density at radius 1 is 1.33 bits per heavy atom. The number of ether oxygens (including phenoxy) is 2. The SMILES string of the molecule is CCCNC(C)c1ccc(OCc2nccs2)c(OC)c1. The molecule has 1 unspecified atom stereocenters. The molecular weight excluding hydrogens is 284 g/mol. The van der Waals surface area contributed by atoms with Crippen molar-refractivity contribution >= 4 is 11.3 Å². The first-order valence-electron chi connectivity index (χ1n) is 7.17. The Morgan fingerprint density at radius 3 is 2.86 bits per heavy atom. The molecule has 0 aliphatic heterocycles. The van der Waals surface area contributed by atoms with E-state index in [9.17, 15) is 0 Å². The number of methoxy groups -OCH3 is 1. The number of benzene rings is 1. The van der Waals surface area contributed by atoms with Crippen molar-refractivity contribution in [3.8, 4) is 11.5 Å². The van der Waals surface area contributed by atoms with Gasteiger partial charge < -0.3 is 14.8 Å². The molecular formula is C16H22N2O2S. The van der Waals surface area contributed by atoms with Crippen molar-refractivity contribution in [1.29, 1.82) is 0 Å². The van der Waals surface area contributed by atoms with Crippen LogP contribution in [0.5, 0.6) is 11.5 Å². The molecule has 0 saturated heterocycles. The summed E-state index contributed by atoms with van der Waals surface area (Å²) in [5, 5.41) is 6.37. The van der Waals surface area contributed by atoms with Gasteiger partial charge in [-0.1, -0.05) is 13.0 Å². The molecule has 1 N–H and O–H groups in total. The summed E-state index contributed by atoms with van der Waals surface area (Å²) in [6.07, 6.45) is 2.90. The second kappa shape index (κ2) is 8.00. The normalized spacial score (nSPS) is 12.1. The van der Waals surface area contributed by atoms with Crippen LogP contribution in [0, 0.1) is 0 Å². The van der Waals surface area contributed by atoms with E-state index in [0.717, 1.165) is 29.5 Å². The van der Waals surface area contributed by atoms with Gasteiger partial charge >= 0.3 is 0 Å². The lowest BCUT2D eigenvalue weighted by Crippen LogP contribution is -2.19. The van der Waals surface area contributed by atoms with Gasteiger partial charge in [0.1, 0.15) is 11.6 Å². The van der Waals surface area contributed by atoms with Crippen LogP contribution in [-0.4, -0.2) is 18.6 Å². The zero-order valence-corrected chi connectivity index (χ0v) is 13.6. The highest BCUT2D eigenvalue weighted by atomic mass is 32.1. The fourth-order valence-corrected chi connectivity index (χ4v) is 2.54. The van der Waals surface area contributed by atoms with Gasteiger partial charge in [0.25, 0.3) is 0 Å². The second-order valence-electron chi connectivity index (χ2n) is 4.80. The maximum absolute atomic E-state index is 5.79. The Morgan fingerprint density at radius 2 is 2.19 bits per heavy atom. The molecule has 114 valence electrons. The highest BCUT2D eigenvalue weighted by Gasteiger charge is 2.10. The summed E-state index contributed by atoms with van der Waals surface area (Å²) in [6, 6.07) is 6.37. The number of nitrogens with one attached hydrogen (secondary N) is 1. The van der Waals surface area contributed by atoms with Gasteiger partial charge in [-0.25, -0.2) is 4.98 Å². The maximum atomic E-state index is 5.79. The third kappa shape index (κ3) is 4.44. The van der Waals surface area contributed by atoms with Crippen LogP contribution in [0.25, 0.3) is 0 Å². The van der Waals surface area contributed by atoms with E-state index in [1.165, 1.54) is 5.56 Å². The molecule has 2 aromatic rings. The standard InChI is InChI=1S/C16H22N2O2S/c1-4-7-17-12(2)13-5-6-14(15(10-13)19-3)20-11-16-18-8-9-21-16/h5-6,8-10,12,17H,4,7,11H2,1-3H3. The van der Waals surface area contributed by atoms with Crippen molar-refractivity contribution < 1.29 is 9.47 Å². The summed E-state index contributed by atoms with van der Waals surface area (Å²) in [7, 11) is 1.67. The third-order valence-electron chi connectivity index (χ3n) is 3.22. The van der Waals surface area contributed by atoms with E-state index in [4.69, 9.17) is 9.47 Å². The molecule has 0 amide bonds. The summed E-state index contributed by atoms with van der Waals surface area (Å²) >= 11 is 1.59. The Hall–Kier alpha value is -1.59. The molecule has 0 aliphatic carbocycles. The van der Waals surface area contributed by atoms with Crippen LogP contribution in [0.1, 0.15) is 36.9 Å². The van der Waals surface area contributed by atoms with Crippen LogP contribution in [0.2, 0.25) is 0 Å². The summed E-state index contributed by atoms with van der Waals surface area (Å²) in [4.78, 5) is 4.21. The predicted octanol–water partition coefficient (Wildman–Crippen LogP) is 3.79. The van der Waals surface area contributed by atoms with E-state index in [0.29, 0.717) is 12.6 Å². The van der Waals surface area contributed by atoms with Crippen molar-refractivity contribution in [3.05, 3.63) is 40.3 Å². The average Bonchev–Trinajstić information content (AvgIpc) is 3.03. The molecule has 0 saturated carbocycles. The lowest BCUT2D eigenvalue weighted by Gasteiger charge is -2.16. The molecule has 4 nitrogen and oxygen atoms in total. The van der Waals surface area contributed by atoms with Crippen LogP contribution in [0.15, 0.2) is 29.8 Å². The van der Waals surface area contributed by atoms with E-state index < -0.39 is 0 Å². The molecule has 1 atom stereocenters. The van der Waals surface area contributed by atoms with Gasteiger partial charge in [-0.05, 0) is 37.6 Å². The smallest absolute Gasteiger partial charge is 0.161 e. The largest absolute Gasteiger partial charge is 0.493 e. The monoisotopic (exact) mass is 306 g/mol. The number of aromatic nitrogens is 1. The van der Waals surface area contributed by atoms with E-state index in [-0.39, 0.29) is 0 Å². The predicted molar refractivity (Wildman–Crippen MR) is 86.1 cm³/mol. The minimum absolute atomic E-state index is 0.298. The molecule has 2 rings (SSSR count). The maximum Gasteiger partial charge on any atom is 0.161 e. The van der Waals surface area contributed by atoms with Crippen molar-refractivity contribution in [2.45, 2.75) is 32.9 Å². The van der Waals surface area contributed by atoms with Crippen LogP contribution in [0.4, 0.5) is 0 Å². The summed E-state index contributed by atoms with van der Waals surface area (Å²) in [6.45, 7) is 5.79. The Labute approximate surface area is 130 Å². The highest BCUT2D eigenvalue weighted by molar-refractivity contribution is 7.09. The average molecular weight is 306 g/mol. The van der Waals surface area contributed by atoms with Gasteiger partial charge in [0.05, 0.1) is 7.11 Å². The van der Waals surface area contributed by atoms with Crippen molar-refractivity contribution in [1.82, 2.24) is 10.3 Å². The van der Waals surface area contributed by atoms with Gasteiger partial charge in [-0.15, -0.1) is 11.3 Å². The van der Waals surface area contributed by atoms with Gasteiger partial charge in [0.15, 0.2) is 11.5 Å². The van der Waals surface area contributed by atoms with Crippen LogP contribution in [0.3, 0.4) is 0 Å². The summed E-state index contributed by atoms with van der Waals surface area (Å²) in [5.41, 5.74) is 1.20.